The van der Waals surface area contributed by atoms with Crippen LogP contribution in [0.3, 0.4) is 0 Å². The number of rotatable bonds is 7. The van der Waals surface area contributed by atoms with Crippen LogP contribution in [0.2, 0.25) is 0 Å². The standard InChI is InChI=1S/C17H21N3O11/c1-8(21)27-7-12-13(28-9(2)22)14(29-10(3)23)15(30-11(4)24)16(31-12)19-6-5-18-17(19)20(25)26/h5-6,12-16H,7H2,1-4H3/t12?,13-,14?,15?,16+/m0/s1. The van der Waals surface area contributed by atoms with Gasteiger partial charge in [0.15, 0.2) is 12.2 Å². The molecule has 14 nitrogen and oxygen atoms in total. The first kappa shape index (κ1) is 23.7. The van der Waals surface area contributed by atoms with Gasteiger partial charge in [-0.25, -0.2) is 0 Å². The molecule has 2 heterocycles. The van der Waals surface area contributed by atoms with Crippen LogP contribution < -0.4 is 0 Å². The minimum absolute atomic E-state index is 0.448. The number of esters is 4. The molecule has 170 valence electrons. The Morgan fingerprint density at radius 2 is 1.55 bits per heavy atom. The summed E-state index contributed by atoms with van der Waals surface area (Å²) in [5, 5.41) is 11.4. The van der Waals surface area contributed by atoms with Crippen molar-refractivity contribution in [1.82, 2.24) is 9.55 Å². The molecule has 0 amide bonds. The van der Waals surface area contributed by atoms with Gasteiger partial charge >= 0.3 is 29.8 Å². The summed E-state index contributed by atoms with van der Waals surface area (Å²) in [6.45, 7) is 3.90. The molecule has 0 aromatic carbocycles. The molecule has 0 radical (unpaired) electrons. The van der Waals surface area contributed by atoms with Crippen LogP contribution in [0.5, 0.6) is 0 Å². The van der Waals surface area contributed by atoms with Crippen LogP contribution in [0, 0.1) is 10.1 Å². The Balaban J connectivity index is 2.58. The lowest BCUT2D eigenvalue weighted by molar-refractivity contribution is -0.400. The molecule has 0 bridgehead atoms. The Bertz CT molecular complexity index is 867. The molecule has 1 fully saturated rings. The Kier molecular flexibility index (Phi) is 7.63. The zero-order chi connectivity index (χ0) is 23.3. The van der Waals surface area contributed by atoms with E-state index in [0.717, 1.165) is 38.5 Å². The smallest absolute Gasteiger partial charge is 0.436 e. The van der Waals surface area contributed by atoms with E-state index < -0.39 is 72.0 Å². The molecule has 31 heavy (non-hydrogen) atoms. The number of carbonyl (C=O) groups is 4. The van der Waals surface area contributed by atoms with Crippen molar-refractivity contribution in [2.45, 2.75) is 58.3 Å². The third-order valence-corrected chi connectivity index (χ3v) is 4.05. The van der Waals surface area contributed by atoms with Crippen molar-refractivity contribution in [2.75, 3.05) is 6.61 Å². The molecule has 1 saturated heterocycles. The largest absolute Gasteiger partial charge is 0.463 e. The highest BCUT2D eigenvalue weighted by Crippen LogP contribution is 2.36. The van der Waals surface area contributed by atoms with Gasteiger partial charge in [-0.05, 0) is 4.92 Å². The van der Waals surface area contributed by atoms with Gasteiger partial charge in [0.25, 0.3) is 0 Å². The van der Waals surface area contributed by atoms with Gasteiger partial charge in [0.1, 0.15) is 25.1 Å². The minimum Gasteiger partial charge on any atom is -0.463 e. The second kappa shape index (κ2) is 9.97. The van der Waals surface area contributed by atoms with Crippen molar-refractivity contribution in [2.24, 2.45) is 0 Å². The van der Waals surface area contributed by atoms with Crippen molar-refractivity contribution in [3.8, 4) is 0 Å². The van der Waals surface area contributed by atoms with Crippen LogP contribution >= 0.6 is 0 Å². The van der Waals surface area contributed by atoms with Gasteiger partial charge < -0.3 is 33.8 Å². The van der Waals surface area contributed by atoms with Crippen LogP contribution in [0.15, 0.2) is 12.4 Å². The average Bonchev–Trinajstić information content (AvgIpc) is 3.12. The summed E-state index contributed by atoms with van der Waals surface area (Å²) < 4.78 is 27.4. The van der Waals surface area contributed by atoms with E-state index in [1.807, 2.05) is 0 Å². The number of carbonyl (C=O) groups excluding carboxylic acids is 4. The molecule has 1 aliphatic rings. The summed E-state index contributed by atoms with van der Waals surface area (Å²) in [5.41, 5.74) is 0. The van der Waals surface area contributed by atoms with E-state index in [4.69, 9.17) is 23.7 Å². The van der Waals surface area contributed by atoms with Crippen molar-refractivity contribution < 1.29 is 47.8 Å². The van der Waals surface area contributed by atoms with Gasteiger partial charge in [-0.3, -0.25) is 19.2 Å². The number of hydrogen-bond acceptors (Lipinski definition) is 12. The van der Waals surface area contributed by atoms with Gasteiger partial charge in [-0.2, -0.15) is 4.57 Å². The zero-order valence-electron chi connectivity index (χ0n) is 17.1. The zero-order valence-corrected chi connectivity index (χ0v) is 17.1. The molecule has 3 unspecified atom stereocenters. The predicted molar refractivity (Wildman–Crippen MR) is 96.1 cm³/mol. The second-order valence-electron chi connectivity index (χ2n) is 6.48. The van der Waals surface area contributed by atoms with E-state index in [1.54, 1.807) is 0 Å². The van der Waals surface area contributed by atoms with Gasteiger partial charge in [-0.1, -0.05) is 4.98 Å². The molecule has 0 spiro atoms. The minimum atomic E-state index is -1.47. The first-order chi connectivity index (χ1) is 14.5. The number of hydrogen-bond donors (Lipinski definition) is 0. The highest BCUT2D eigenvalue weighted by atomic mass is 16.7. The third kappa shape index (κ3) is 5.97. The maximum atomic E-state index is 11.8. The fraction of sp³-hybridized carbons (Fsp3) is 0.588. The quantitative estimate of drug-likeness (QED) is 0.240. The highest BCUT2D eigenvalue weighted by molar-refractivity contribution is 5.68. The molecular formula is C17H21N3O11. The van der Waals surface area contributed by atoms with Crippen molar-refractivity contribution in [3.05, 3.63) is 22.5 Å². The predicted octanol–water partition coefficient (Wildman–Crippen LogP) is 0.0469. The number of nitrogens with zero attached hydrogens (tertiary/aromatic N) is 3. The van der Waals surface area contributed by atoms with E-state index in [9.17, 15) is 29.3 Å². The molecule has 2 rings (SSSR count). The average molecular weight is 443 g/mol. The molecule has 1 aromatic rings. The van der Waals surface area contributed by atoms with Gasteiger partial charge in [-0.15, -0.1) is 0 Å². The fourth-order valence-electron chi connectivity index (χ4n) is 3.07. The molecule has 14 heteroatoms. The fourth-order valence-corrected chi connectivity index (χ4v) is 3.07. The lowest BCUT2D eigenvalue weighted by Gasteiger charge is -2.43. The van der Waals surface area contributed by atoms with E-state index in [2.05, 4.69) is 4.98 Å². The molecule has 0 N–H and O–H groups in total. The second-order valence-corrected chi connectivity index (χ2v) is 6.48. The number of nitro groups is 1. The third-order valence-electron chi connectivity index (χ3n) is 4.05. The molecular weight excluding hydrogens is 422 g/mol. The topological polar surface area (TPSA) is 175 Å². The summed E-state index contributed by atoms with van der Waals surface area (Å²) in [6.07, 6.45) is -4.60. The molecule has 0 saturated carbocycles. The SMILES string of the molecule is CC(=O)OCC1O[C@@H](n2ccnc2[N+](=O)[O-])C(OC(C)=O)C(OC(C)=O)[C@H]1OC(C)=O. The molecule has 0 aliphatic carbocycles. The summed E-state index contributed by atoms with van der Waals surface area (Å²) in [5.74, 6) is -3.75. The van der Waals surface area contributed by atoms with Crippen LogP contribution in [-0.2, 0) is 42.9 Å². The Morgan fingerprint density at radius 3 is 2.06 bits per heavy atom. The summed E-state index contributed by atoms with van der Waals surface area (Å²) in [6, 6.07) is 0. The summed E-state index contributed by atoms with van der Waals surface area (Å²) in [7, 11) is 0. The Labute approximate surface area is 175 Å². The van der Waals surface area contributed by atoms with Crippen molar-refractivity contribution in [3.63, 3.8) is 0 Å². The Hall–Kier alpha value is -3.55. The number of imidazole rings is 1. The molecule has 1 aromatic heterocycles. The maximum absolute atomic E-state index is 11.8. The van der Waals surface area contributed by atoms with Crippen molar-refractivity contribution >= 4 is 29.8 Å². The van der Waals surface area contributed by atoms with E-state index in [-0.39, 0.29) is 0 Å². The summed E-state index contributed by atoms with van der Waals surface area (Å²) >= 11 is 0. The molecule has 5 atom stereocenters. The molecule has 1 aliphatic heterocycles. The lowest BCUT2D eigenvalue weighted by atomic mass is 9.97. The Morgan fingerprint density at radius 1 is 1.00 bits per heavy atom. The van der Waals surface area contributed by atoms with Crippen molar-refractivity contribution in [1.29, 1.82) is 0 Å². The normalized spacial score (nSPS) is 25.2. The van der Waals surface area contributed by atoms with E-state index in [0.29, 0.717) is 0 Å². The van der Waals surface area contributed by atoms with Gasteiger partial charge in [0.05, 0.1) is 0 Å². The lowest BCUT2D eigenvalue weighted by Crippen LogP contribution is -2.60. The van der Waals surface area contributed by atoms with Crippen LogP contribution in [0.4, 0.5) is 5.95 Å². The number of ether oxygens (including phenoxy) is 5. The van der Waals surface area contributed by atoms with Gasteiger partial charge in [0.2, 0.25) is 12.3 Å². The van der Waals surface area contributed by atoms with Gasteiger partial charge in [0, 0.05) is 27.7 Å². The monoisotopic (exact) mass is 443 g/mol. The summed E-state index contributed by atoms with van der Waals surface area (Å²) in [4.78, 5) is 60.7. The number of aromatic nitrogens is 2. The van der Waals surface area contributed by atoms with Crippen LogP contribution in [0.1, 0.15) is 33.9 Å². The first-order valence-electron chi connectivity index (χ1n) is 8.99. The highest BCUT2D eigenvalue weighted by Gasteiger charge is 2.54. The van der Waals surface area contributed by atoms with Crippen LogP contribution in [0.25, 0.3) is 0 Å². The first-order valence-corrected chi connectivity index (χ1v) is 8.99. The van der Waals surface area contributed by atoms with Crippen LogP contribution in [-0.4, -0.2) is 69.4 Å². The van der Waals surface area contributed by atoms with E-state index >= 15 is 0 Å². The maximum Gasteiger partial charge on any atom is 0.436 e. The van der Waals surface area contributed by atoms with E-state index in [1.165, 1.54) is 6.20 Å².